The molecule has 148 valence electrons. The molecule has 27 heavy (non-hydrogen) atoms. The van der Waals surface area contributed by atoms with E-state index in [1.54, 1.807) is 0 Å². The second-order valence-electron chi connectivity index (χ2n) is 7.32. The van der Waals surface area contributed by atoms with Crippen LogP contribution >= 0.6 is 0 Å². The monoisotopic (exact) mass is 369 g/mol. The fourth-order valence-electron chi connectivity index (χ4n) is 3.20. The second kappa shape index (κ2) is 11.6. The number of aromatic nitrogens is 1. The van der Waals surface area contributed by atoms with Crippen LogP contribution in [0.5, 0.6) is 0 Å². The van der Waals surface area contributed by atoms with E-state index in [-0.39, 0.29) is 5.91 Å². The van der Waals surface area contributed by atoms with Crippen molar-refractivity contribution in [3.8, 4) is 0 Å². The van der Waals surface area contributed by atoms with Gasteiger partial charge in [-0.05, 0) is 44.0 Å². The Hall–Kier alpha value is -2.07. The molecule has 1 heterocycles. The molecular formula is C23H35N3O. The topological polar surface area (TPSA) is 37.3 Å². The van der Waals surface area contributed by atoms with Gasteiger partial charge in [0.15, 0.2) is 0 Å². The van der Waals surface area contributed by atoms with E-state index in [1.165, 1.54) is 16.8 Å². The highest BCUT2D eigenvalue weighted by Gasteiger charge is 2.15. The van der Waals surface area contributed by atoms with E-state index in [4.69, 9.17) is 0 Å². The van der Waals surface area contributed by atoms with Crippen LogP contribution in [-0.4, -0.2) is 35.0 Å². The van der Waals surface area contributed by atoms with Crippen LogP contribution in [-0.2, 0) is 17.9 Å². The Balaban J connectivity index is 2.02. The van der Waals surface area contributed by atoms with Gasteiger partial charge in [0.25, 0.3) is 0 Å². The third-order valence-electron chi connectivity index (χ3n) is 4.83. The number of carbonyl (C=O) groups is 1. The number of nitrogens with one attached hydrogen (secondary N) is 1. The van der Waals surface area contributed by atoms with Gasteiger partial charge in [0, 0.05) is 25.0 Å². The Bertz CT molecular complexity index is 692. The Morgan fingerprint density at radius 2 is 1.93 bits per heavy atom. The molecule has 0 saturated heterocycles. The van der Waals surface area contributed by atoms with Crippen molar-refractivity contribution in [1.29, 1.82) is 0 Å². The van der Waals surface area contributed by atoms with Crippen molar-refractivity contribution in [3.05, 3.63) is 59.4 Å². The molecule has 0 aliphatic carbocycles. The van der Waals surface area contributed by atoms with E-state index in [2.05, 4.69) is 73.3 Å². The summed E-state index contributed by atoms with van der Waals surface area (Å²) in [4.78, 5) is 14.7. The number of amides is 1. The summed E-state index contributed by atoms with van der Waals surface area (Å²) in [5.41, 5.74) is 3.76. The van der Waals surface area contributed by atoms with Gasteiger partial charge in [-0.15, -0.1) is 0 Å². The Kier molecular flexibility index (Phi) is 9.12. The van der Waals surface area contributed by atoms with Gasteiger partial charge in [0.05, 0.1) is 13.1 Å². The molecule has 0 saturated carbocycles. The highest BCUT2D eigenvalue weighted by Crippen LogP contribution is 2.12. The molecule has 4 heteroatoms. The molecule has 0 aliphatic rings. The molecule has 2 rings (SSSR count). The van der Waals surface area contributed by atoms with Crippen LogP contribution in [0.4, 0.5) is 0 Å². The summed E-state index contributed by atoms with van der Waals surface area (Å²) < 4.78 is 2.26. The summed E-state index contributed by atoms with van der Waals surface area (Å²) >= 11 is 0. The third-order valence-corrected chi connectivity index (χ3v) is 4.83. The fraction of sp³-hybridized carbons (Fsp3) is 0.522. The van der Waals surface area contributed by atoms with Gasteiger partial charge in [-0.1, -0.05) is 56.5 Å². The zero-order chi connectivity index (χ0) is 19.5. The van der Waals surface area contributed by atoms with Gasteiger partial charge in [0.2, 0.25) is 5.91 Å². The maximum Gasteiger partial charge on any atom is 0.236 e. The average Bonchev–Trinajstić information content (AvgIpc) is 3.08. The van der Waals surface area contributed by atoms with Gasteiger partial charge in [-0.3, -0.25) is 4.79 Å². The van der Waals surface area contributed by atoms with Crippen molar-refractivity contribution in [1.82, 2.24) is 14.8 Å². The number of unbranched alkanes of at least 4 members (excludes halogenated alkanes) is 2. The van der Waals surface area contributed by atoms with E-state index in [0.29, 0.717) is 13.1 Å². The van der Waals surface area contributed by atoms with Crippen LogP contribution in [0.25, 0.3) is 0 Å². The van der Waals surface area contributed by atoms with Gasteiger partial charge >= 0.3 is 0 Å². The Morgan fingerprint density at radius 3 is 2.67 bits per heavy atom. The third kappa shape index (κ3) is 7.22. The normalized spacial score (nSPS) is 10.9. The summed E-state index contributed by atoms with van der Waals surface area (Å²) in [6.07, 6.45) is 6.51. The molecule has 1 aromatic carbocycles. The van der Waals surface area contributed by atoms with Crippen molar-refractivity contribution in [2.45, 2.75) is 59.5 Å². The Labute approximate surface area is 164 Å². The lowest BCUT2D eigenvalue weighted by Gasteiger charge is -2.24. The lowest BCUT2D eigenvalue weighted by atomic mass is 10.1. The zero-order valence-corrected chi connectivity index (χ0v) is 17.2. The fourth-order valence-corrected chi connectivity index (χ4v) is 3.20. The first-order valence-electron chi connectivity index (χ1n) is 10.3. The van der Waals surface area contributed by atoms with Crippen molar-refractivity contribution >= 4 is 5.91 Å². The first-order valence-corrected chi connectivity index (χ1v) is 10.3. The molecule has 0 bridgehead atoms. The summed E-state index contributed by atoms with van der Waals surface area (Å²) in [6, 6.07) is 12.8. The van der Waals surface area contributed by atoms with Crippen LogP contribution in [0.1, 0.15) is 56.4 Å². The van der Waals surface area contributed by atoms with Gasteiger partial charge in [0.1, 0.15) is 0 Å². The smallest absolute Gasteiger partial charge is 0.236 e. The summed E-state index contributed by atoms with van der Waals surface area (Å²) in [5.74, 6) is 0.197. The van der Waals surface area contributed by atoms with Crippen LogP contribution in [0.3, 0.4) is 0 Å². The maximum atomic E-state index is 12.7. The van der Waals surface area contributed by atoms with Crippen LogP contribution in [0.2, 0.25) is 0 Å². The molecule has 0 unspecified atom stereocenters. The molecular weight excluding hydrogens is 334 g/mol. The molecule has 1 aromatic heterocycles. The molecule has 0 fully saturated rings. The van der Waals surface area contributed by atoms with Gasteiger partial charge < -0.3 is 14.8 Å². The van der Waals surface area contributed by atoms with E-state index in [1.807, 2.05) is 4.90 Å². The zero-order valence-electron chi connectivity index (χ0n) is 17.2. The first kappa shape index (κ1) is 21.2. The number of nitrogens with zero attached hydrogens (tertiary/aromatic N) is 2. The number of hydrogen-bond acceptors (Lipinski definition) is 2. The molecule has 0 aliphatic heterocycles. The minimum absolute atomic E-state index is 0.197. The molecule has 0 atom stereocenters. The average molecular weight is 370 g/mol. The summed E-state index contributed by atoms with van der Waals surface area (Å²) in [6.45, 7) is 10.1. The molecule has 1 N–H and O–H groups in total. The van der Waals surface area contributed by atoms with Crippen LogP contribution in [0, 0.1) is 6.92 Å². The molecule has 4 nitrogen and oxygen atoms in total. The quantitative estimate of drug-likeness (QED) is 0.564. The first-order chi connectivity index (χ1) is 13.1. The van der Waals surface area contributed by atoms with E-state index < -0.39 is 0 Å². The SMILES string of the molecule is CCCCNCC(=O)N(CCCC)Cc1cccn1Cc1cccc(C)c1. The number of benzene rings is 1. The number of hydrogen-bond donors (Lipinski definition) is 1. The van der Waals surface area contributed by atoms with E-state index in [9.17, 15) is 4.79 Å². The predicted molar refractivity (Wildman–Crippen MR) is 113 cm³/mol. The minimum Gasteiger partial charge on any atom is -0.345 e. The molecule has 1 amide bonds. The number of aryl methyl sites for hydroxylation is 1. The van der Waals surface area contributed by atoms with Crippen molar-refractivity contribution in [3.63, 3.8) is 0 Å². The number of carbonyl (C=O) groups excluding carboxylic acids is 1. The van der Waals surface area contributed by atoms with E-state index in [0.717, 1.165) is 45.3 Å². The van der Waals surface area contributed by atoms with E-state index >= 15 is 0 Å². The van der Waals surface area contributed by atoms with Gasteiger partial charge in [-0.25, -0.2) is 0 Å². The van der Waals surface area contributed by atoms with Crippen molar-refractivity contribution < 1.29 is 4.79 Å². The Morgan fingerprint density at radius 1 is 1.11 bits per heavy atom. The van der Waals surface area contributed by atoms with Crippen molar-refractivity contribution in [2.75, 3.05) is 19.6 Å². The maximum absolute atomic E-state index is 12.7. The lowest BCUT2D eigenvalue weighted by molar-refractivity contribution is -0.131. The highest BCUT2D eigenvalue weighted by atomic mass is 16.2. The molecule has 0 spiro atoms. The highest BCUT2D eigenvalue weighted by molar-refractivity contribution is 5.78. The van der Waals surface area contributed by atoms with Gasteiger partial charge in [-0.2, -0.15) is 0 Å². The minimum atomic E-state index is 0.197. The predicted octanol–water partition coefficient (Wildman–Crippen LogP) is 4.36. The molecule has 2 aromatic rings. The lowest BCUT2D eigenvalue weighted by Crippen LogP contribution is -2.39. The largest absolute Gasteiger partial charge is 0.345 e. The summed E-state index contributed by atoms with van der Waals surface area (Å²) in [7, 11) is 0. The molecule has 0 radical (unpaired) electrons. The summed E-state index contributed by atoms with van der Waals surface area (Å²) in [5, 5.41) is 3.29. The number of rotatable bonds is 12. The van der Waals surface area contributed by atoms with Crippen LogP contribution in [0.15, 0.2) is 42.6 Å². The van der Waals surface area contributed by atoms with Crippen molar-refractivity contribution in [2.24, 2.45) is 0 Å². The standard InChI is InChI=1S/C23H35N3O/c1-4-6-13-24-17-23(27)26(14-7-5-2)19-22-12-9-15-25(22)18-21-11-8-10-20(3)16-21/h8-12,15-16,24H,4-7,13-14,17-19H2,1-3H3. The second-order valence-corrected chi connectivity index (χ2v) is 7.32. The van der Waals surface area contributed by atoms with Crippen LogP contribution < -0.4 is 5.32 Å².